The van der Waals surface area contributed by atoms with Gasteiger partial charge in [-0.05, 0) is 42.7 Å². The molecule has 0 aliphatic carbocycles. The molecule has 2 aromatic carbocycles. The Kier molecular flexibility index (Phi) is 5.86. The highest BCUT2D eigenvalue weighted by Gasteiger charge is 2.33. The average molecular weight is 423 g/mol. The summed E-state index contributed by atoms with van der Waals surface area (Å²) >= 11 is 6.17. The predicted octanol–water partition coefficient (Wildman–Crippen LogP) is 3.09. The second kappa shape index (κ2) is 8.01. The van der Waals surface area contributed by atoms with Crippen LogP contribution in [0.25, 0.3) is 0 Å². The first-order valence-corrected chi connectivity index (χ1v) is 11.1. The molecule has 1 heterocycles. The number of ether oxygens (including phenoxy) is 1. The predicted molar refractivity (Wildman–Crippen MR) is 110 cm³/mol. The summed E-state index contributed by atoms with van der Waals surface area (Å²) in [5.74, 6) is 0.192. The largest absolute Gasteiger partial charge is 0.495 e. The fourth-order valence-electron chi connectivity index (χ4n) is 3.54. The molecular weight excluding hydrogens is 400 g/mol. The van der Waals surface area contributed by atoms with Crippen molar-refractivity contribution in [2.24, 2.45) is 0 Å². The van der Waals surface area contributed by atoms with Gasteiger partial charge in [0.2, 0.25) is 15.9 Å². The molecule has 0 spiro atoms. The van der Waals surface area contributed by atoms with Crippen molar-refractivity contribution in [1.29, 1.82) is 0 Å². The lowest BCUT2D eigenvalue weighted by Gasteiger charge is -2.35. The summed E-state index contributed by atoms with van der Waals surface area (Å²) in [7, 11) is -2.23. The molecule has 0 aromatic heterocycles. The molecule has 1 aliphatic heterocycles. The number of hydrogen-bond acceptors (Lipinski definition) is 4. The van der Waals surface area contributed by atoms with Crippen LogP contribution >= 0.6 is 11.6 Å². The first kappa shape index (κ1) is 20.5. The summed E-state index contributed by atoms with van der Waals surface area (Å²) in [6.45, 7) is 2.63. The van der Waals surface area contributed by atoms with Crippen LogP contribution in [0.15, 0.2) is 42.5 Å². The van der Waals surface area contributed by atoms with Gasteiger partial charge in [-0.2, -0.15) is 0 Å². The minimum absolute atomic E-state index is 0.244. The minimum Gasteiger partial charge on any atom is -0.495 e. The van der Waals surface area contributed by atoms with Crippen LogP contribution in [0.3, 0.4) is 0 Å². The molecular formula is C20H23ClN2O4S. The van der Waals surface area contributed by atoms with Crippen LogP contribution in [0.2, 0.25) is 5.02 Å². The van der Waals surface area contributed by atoms with E-state index in [9.17, 15) is 13.2 Å². The Morgan fingerprint density at radius 1 is 1.21 bits per heavy atom. The number of methoxy groups -OCH3 is 1. The third-order valence-electron chi connectivity index (χ3n) is 4.90. The zero-order valence-corrected chi connectivity index (χ0v) is 17.6. The van der Waals surface area contributed by atoms with Crippen LogP contribution in [0.5, 0.6) is 5.75 Å². The number of halogens is 1. The lowest BCUT2D eigenvalue weighted by atomic mass is 9.99. The second-order valence-electron chi connectivity index (χ2n) is 6.83. The Labute approximate surface area is 170 Å². The number of nitrogens with zero attached hydrogens (tertiary/aromatic N) is 2. The molecule has 0 saturated heterocycles. The molecule has 1 unspecified atom stereocenters. The van der Waals surface area contributed by atoms with Crippen molar-refractivity contribution in [2.75, 3.05) is 24.2 Å². The number of anilines is 1. The Hall–Kier alpha value is -2.25. The van der Waals surface area contributed by atoms with Crippen LogP contribution in [-0.4, -0.2) is 45.2 Å². The van der Waals surface area contributed by atoms with Crippen molar-refractivity contribution in [1.82, 2.24) is 4.90 Å². The van der Waals surface area contributed by atoms with Gasteiger partial charge in [0, 0.05) is 13.1 Å². The summed E-state index contributed by atoms with van der Waals surface area (Å²) in [6.07, 6.45) is 1.84. The summed E-state index contributed by atoms with van der Waals surface area (Å²) in [5, 5.41) is 0.278. The van der Waals surface area contributed by atoms with Crippen molar-refractivity contribution < 1.29 is 17.9 Å². The number of amides is 1. The van der Waals surface area contributed by atoms with Gasteiger partial charge in [-0.3, -0.25) is 9.10 Å². The monoisotopic (exact) mass is 422 g/mol. The van der Waals surface area contributed by atoms with Crippen LogP contribution in [0, 0.1) is 0 Å². The summed E-state index contributed by atoms with van der Waals surface area (Å²) in [6, 6.07) is 11.8. The van der Waals surface area contributed by atoms with Gasteiger partial charge in [-0.25, -0.2) is 8.42 Å². The Morgan fingerprint density at radius 3 is 2.50 bits per heavy atom. The van der Waals surface area contributed by atoms with E-state index in [4.69, 9.17) is 16.3 Å². The van der Waals surface area contributed by atoms with E-state index in [2.05, 4.69) is 6.07 Å². The molecule has 6 nitrogen and oxygen atoms in total. The molecule has 3 rings (SSSR count). The highest BCUT2D eigenvalue weighted by Crippen LogP contribution is 2.32. The molecule has 8 heteroatoms. The molecule has 150 valence electrons. The van der Waals surface area contributed by atoms with Crippen molar-refractivity contribution in [3.05, 3.63) is 58.6 Å². The highest BCUT2D eigenvalue weighted by molar-refractivity contribution is 7.92. The standard InChI is InChI=1S/C20H23ClN2O4S/c1-14(20(24)22-11-10-15-6-4-5-7-16(15)13-22)23(28(3,25)26)17-8-9-19(27-2)18(21)12-17/h4-9,12,14H,10-11,13H2,1-3H3. The zero-order valence-electron chi connectivity index (χ0n) is 16.1. The number of hydrogen-bond donors (Lipinski definition) is 0. The smallest absolute Gasteiger partial charge is 0.246 e. The number of fused-ring (bicyclic) bond motifs is 1. The van der Waals surface area contributed by atoms with Gasteiger partial charge in [-0.15, -0.1) is 0 Å². The van der Waals surface area contributed by atoms with Crippen LogP contribution in [-0.2, 0) is 27.8 Å². The van der Waals surface area contributed by atoms with Gasteiger partial charge >= 0.3 is 0 Å². The third-order valence-corrected chi connectivity index (χ3v) is 6.44. The van der Waals surface area contributed by atoms with Crippen molar-refractivity contribution in [3.63, 3.8) is 0 Å². The molecule has 0 radical (unpaired) electrons. The van der Waals surface area contributed by atoms with Crippen LogP contribution < -0.4 is 9.04 Å². The Bertz CT molecular complexity index is 993. The van der Waals surface area contributed by atoms with Crippen LogP contribution in [0.4, 0.5) is 5.69 Å². The maximum atomic E-state index is 13.1. The first-order valence-electron chi connectivity index (χ1n) is 8.91. The normalized spacial score (nSPS) is 14.9. The number of carbonyl (C=O) groups excluding carboxylic acids is 1. The van der Waals surface area contributed by atoms with E-state index in [0.29, 0.717) is 24.5 Å². The van der Waals surface area contributed by atoms with E-state index in [1.54, 1.807) is 24.0 Å². The fourth-order valence-corrected chi connectivity index (χ4v) is 4.96. The molecule has 1 amide bonds. The van der Waals surface area contributed by atoms with Gasteiger partial charge < -0.3 is 9.64 Å². The number of sulfonamides is 1. The maximum Gasteiger partial charge on any atom is 0.246 e. The van der Waals surface area contributed by atoms with Crippen molar-refractivity contribution >= 4 is 33.2 Å². The average Bonchev–Trinajstić information content (AvgIpc) is 2.66. The third kappa shape index (κ3) is 4.10. The van der Waals surface area contributed by atoms with Gasteiger partial charge in [0.15, 0.2) is 0 Å². The summed E-state index contributed by atoms with van der Waals surface area (Å²) in [4.78, 5) is 14.8. The van der Waals surface area contributed by atoms with Gasteiger partial charge in [-0.1, -0.05) is 35.9 Å². The molecule has 1 aliphatic rings. The number of rotatable bonds is 5. The van der Waals surface area contributed by atoms with E-state index in [-0.39, 0.29) is 10.9 Å². The summed E-state index contributed by atoms with van der Waals surface area (Å²) in [5.41, 5.74) is 2.64. The van der Waals surface area contributed by atoms with Gasteiger partial charge in [0.05, 0.1) is 24.1 Å². The van der Waals surface area contributed by atoms with Crippen molar-refractivity contribution in [2.45, 2.75) is 25.9 Å². The van der Waals surface area contributed by atoms with Crippen LogP contribution in [0.1, 0.15) is 18.1 Å². The molecule has 2 aromatic rings. The fraction of sp³-hybridized carbons (Fsp3) is 0.350. The Balaban J connectivity index is 1.89. The zero-order chi connectivity index (χ0) is 20.5. The van der Waals surface area contributed by atoms with E-state index in [0.717, 1.165) is 22.5 Å². The first-order chi connectivity index (χ1) is 13.2. The topological polar surface area (TPSA) is 66.9 Å². The lowest BCUT2D eigenvalue weighted by Crippen LogP contribution is -2.50. The molecule has 0 bridgehead atoms. The summed E-state index contributed by atoms with van der Waals surface area (Å²) < 4.78 is 31.3. The molecule has 1 atom stereocenters. The molecule has 0 N–H and O–H groups in total. The highest BCUT2D eigenvalue weighted by atomic mass is 35.5. The number of benzene rings is 2. The van der Waals surface area contributed by atoms with E-state index < -0.39 is 16.1 Å². The van der Waals surface area contributed by atoms with Gasteiger partial charge in [0.1, 0.15) is 11.8 Å². The number of carbonyl (C=O) groups is 1. The van der Waals surface area contributed by atoms with Gasteiger partial charge in [0.25, 0.3) is 0 Å². The maximum absolute atomic E-state index is 13.1. The minimum atomic E-state index is -3.71. The van der Waals surface area contributed by atoms with E-state index in [1.807, 2.05) is 18.2 Å². The Morgan fingerprint density at radius 2 is 1.89 bits per heavy atom. The molecule has 28 heavy (non-hydrogen) atoms. The lowest BCUT2D eigenvalue weighted by molar-refractivity contribution is -0.132. The van der Waals surface area contributed by atoms with Crippen molar-refractivity contribution in [3.8, 4) is 5.75 Å². The second-order valence-corrected chi connectivity index (χ2v) is 9.10. The SMILES string of the molecule is COc1ccc(N(C(C)C(=O)N2CCc3ccccc3C2)S(C)(=O)=O)cc1Cl. The van der Waals surface area contributed by atoms with E-state index >= 15 is 0 Å². The molecule has 0 fully saturated rings. The van der Waals surface area contributed by atoms with E-state index in [1.165, 1.54) is 18.7 Å². The molecule has 0 saturated carbocycles. The quantitative estimate of drug-likeness (QED) is 0.742.